The lowest BCUT2D eigenvalue weighted by Gasteiger charge is -2.39. The maximum atomic E-state index is 11.5. The zero-order chi connectivity index (χ0) is 15.2. The number of rotatable bonds is 6. The van der Waals surface area contributed by atoms with Crippen LogP contribution in [0.15, 0.2) is 0 Å². The van der Waals surface area contributed by atoms with Gasteiger partial charge in [-0.15, -0.1) is 0 Å². The summed E-state index contributed by atoms with van der Waals surface area (Å²) in [6.07, 6.45) is 5.01. The molecular formula is C16H31N3O2. The van der Waals surface area contributed by atoms with E-state index >= 15 is 0 Å². The molecular weight excluding hydrogens is 266 g/mol. The van der Waals surface area contributed by atoms with E-state index in [1.165, 1.54) is 12.8 Å². The molecule has 0 radical (unpaired) electrons. The molecule has 122 valence electrons. The van der Waals surface area contributed by atoms with Crippen LogP contribution in [0.25, 0.3) is 0 Å². The monoisotopic (exact) mass is 297 g/mol. The van der Waals surface area contributed by atoms with Crippen LogP contribution in [0.2, 0.25) is 0 Å². The summed E-state index contributed by atoms with van der Waals surface area (Å²) in [5, 5.41) is 0. The predicted molar refractivity (Wildman–Crippen MR) is 84.4 cm³/mol. The molecule has 1 amide bonds. The van der Waals surface area contributed by atoms with Gasteiger partial charge in [-0.05, 0) is 39.8 Å². The van der Waals surface area contributed by atoms with Crippen molar-refractivity contribution in [2.24, 2.45) is 0 Å². The zero-order valence-corrected chi connectivity index (χ0v) is 13.9. The number of likely N-dealkylation sites (tertiary alicyclic amines) is 1. The Hall–Kier alpha value is -0.650. The molecule has 21 heavy (non-hydrogen) atoms. The average molecular weight is 297 g/mol. The Morgan fingerprint density at radius 2 is 1.90 bits per heavy atom. The maximum absolute atomic E-state index is 11.5. The third-order valence-corrected chi connectivity index (χ3v) is 4.72. The van der Waals surface area contributed by atoms with E-state index in [2.05, 4.69) is 23.9 Å². The van der Waals surface area contributed by atoms with Crippen molar-refractivity contribution in [2.75, 3.05) is 53.4 Å². The Bertz CT molecular complexity index is 321. The number of likely N-dealkylation sites (N-methyl/N-ethyl adjacent to an activating group) is 1. The summed E-state index contributed by atoms with van der Waals surface area (Å²) in [7, 11) is 4.26. The Morgan fingerprint density at radius 1 is 1.19 bits per heavy atom. The molecule has 5 heteroatoms. The first kappa shape index (κ1) is 16.7. The molecule has 0 saturated carbocycles. The number of ether oxygens (including phenoxy) is 1. The van der Waals surface area contributed by atoms with E-state index < -0.39 is 0 Å². The second-order valence-corrected chi connectivity index (χ2v) is 6.67. The van der Waals surface area contributed by atoms with Crippen LogP contribution in [-0.2, 0) is 9.53 Å². The highest BCUT2D eigenvalue weighted by Crippen LogP contribution is 2.20. The lowest BCUT2D eigenvalue weighted by atomic mass is 10.0. The van der Waals surface area contributed by atoms with Gasteiger partial charge >= 0.3 is 0 Å². The van der Waals surface area contributed by atoms with Crippen LogP contribution < -0.4 is 0 Å². The number of carbonyl (C=O) groups is 1. The topological polar surface area (TPSA) is 36.0 Å². The van der Waals surface area contributed by atoms with Gasteiger partial charge in [-0.2, -0.15) is 0 Å². The molecule has 2 aliphatic rings. The number of piperidine rings is 1. The van der Waals surface area contributed by atoms with E-state index in [1.54, 1.807) is 6.92 Å². The van der Waals surface area contributed by atoms with Crippen LogP contribution in [0.3, 0.4) is 0 Å². The smallest absolute Gasteiger partial charge is 0.219 e. The molecule has 2 rings (SSSR count). The van der Waals surface area contributed by atoms with E-state index in [9.17, 15) is 4.79 Å². The molecule has 5 nitrogen and oxygen atoms in total. The summed E-state index contributed by atoms with van der Waals surface area (Å²) in [6, 6.07) is 0.602. The van der Waals surface area contributed by atoms with E-state index in [-0.39, 0.29) is 5.91 Å². The molecule has 2 saturated heterocycles. The molecule has 0 bridgehead atoms. The van der Waals surface area contributed by atoms with Gasteiger partial charge in [0.1, 0.15) is 0 Å². The molecule has 0 aliphatic carbocycles. The van der Waals surface area contributed by atoms with Crippen molar-refractivity contribution in [3.8, 4) is 0 Å². The van der Waals surface area contributed by atoms with E-state index in [1.807, 2.05) is 4.90 Å². The van der Waals surface area contributed by atoms with Gasteiger partial charge in [-0.25, -0.2) is 0 Å². The first-order valence-electron chi connectivity index (χ1n) is 8.32. The van der Waals surface area contributed by atoms with Gasteiger partial charge in [-0.1, -0.05) is 0 Å². The lowest BCUT2D eigenvalue weighted by molar-refractivity contribution is -0.130. The van der Waals surface area contributed by atoms with Crippen LogP contribution in [-0.4, -0.2) is 86.2 Å². The molecule has 1 atom stereocenters. The Balaban J connectivity index is 1.86. The number of hydrogen-bond donors (Lipinski definition) is 0. The molecule has 0 N–H and O–H groups in total. The van der Waals surface area contributed by atoms with Gasteiger partial charge in [0, 0.05) is 52.3 Å². The predicted octanol–water partition coefficient (Wildman–Crippen LogP) is 1.04. The van der Waals surface area contributed by atoms with Gasteiger partial charge in [0.15, 0.2) is 0 Å². The zero-order valence-electron chi connectivity index (χ0n) is 13.9. The molecule has 0 aromatic carbocycles. The standard InChI is InChI=1S/C16H31N3O2/c1-14(20)18-8-6-15(7-9-18)19(11-10-17(2)3)13-16-5-4-12-21-16/h15-16H,4-13H2,1-3H3/t16-/m1/s1. The van der Waals surface area contributed by atoms with E-state index in [0.717, 1.165) is 52.2 Å². The Kier molecular flexibility index (Phi) is 6.45. The number of carbonyl (C=O) groups excluding carboxylic acids is 1. The van der Waals surface area contributed by atoms with Crippen LogP contribution in [0.4, 0.5) is 0 Å². The van der Waals surface area contributed by atoms with Gasteiger partial charge < -0.3 is 14.5 Å². The molecule has 2 heterocycles. The van der Waals surface area contributed by atoms with Gasteiger partial charge in [0.2, 0.25) is 5.91 Å². The molecule has 0 spiro atoms. The van der Waals surface area contributed by atoms with Crippen molar-refractivity contribution in [2.45, 2.75) is 44.8 Å². The highest BCUT2D eigenvalue weighted by Gasteiger charge is 2.28. The summed E-state index contributed by atoms with van der Waals surface area (Å²) in [5.41, 5.74) is 0. The molecule has 0 aromatic heterocycles. The summed E-state index contributed by atoms with van der Waals surface area (Å²) < 4.78 is 5.82. The van der Waals surface area contributed by atoms with Crippen molar-refractivity contribution in [3.63, 3.8) is 0 Å². The number of hydrogen-bond acceptors (Lipinski definition) is 4. The third kappa shape index (κ3) is 5.24. The van der Waals surface area contributed by atoms with Crippen molar-refractivity contribution in [1.82, 2.24) is 14.7 Å². The Labute approximate surface area is 129 Å². The largest absolute Gasteiger partial charge is 0.377 e. The fourth-order valence-electron chi connectivity index (χ4n) is 3.35. The summed E-state index contributed by atoms with van der Waals surface area (Å²) in [4.78, 5) is 18.3. The minimum Gasteiger partial charge on any atom is -0.377 e. The number of nitrogens with zero attached hydrogens (tertiary/aromatic N) is 3. The number of amides is 1. The second-order valence-electron chi connectivity index (χ2n) is 6.67. The van der Waals surface area contributed by atoms with Gasteiger partial charge in [-0.3, -0.25) is 9.69 Å². The minimum atomic E-state index is 0.215. The van der Waals surface area contributed by atoms with Crippen molar-refractivity contribution < 1.29 is 9.53 Å². The van der Waals surface area contributed by atoms with Crippen molar-refractivity contribution >= 4 is 5.91 Å². The fourth-order valence-corrected chi connectivity index (χ4v) is 3.35. The fraction of sp³-hybridized carbons (Fsp3) is 0.938. The van der Waals surface area contributed by atoms with Crippen LogP contribution in [0, 0.1) is 0 Å². The molecule has 2 fully saturated rings. The summed E-state index contributed by atoms with van der Waals surface area (Å²) >= 11 is 0. The average Bonchev–Trinajstić information content (AvgIpc) is 2.96. The molecule has 2 aliphatic heterocycles. The first-order chi connectivity index (χ1) is 10.1. The van der Waals surface area contributed by atoms with Crippen molar-refractivity contribution in [1.29, 1.82) is 0 Å². The van der Waals surface area contributed by atoms with Gasteiger partial charge in [0.25, 0.3) is 0 Å². The highest BCUT2D eigenvalue weighted by atomic mass is 16.5. The molecule has 0 aromatic rings. The Morgan fingerprint density at radius 3 is 2.43 bits per heavy atom. The van der Waals surface area contributed by atoms with Crippen LogP contribution >= 0.6 is 0 Å². The van der Waals surface area contributed by atoms with E-state index in [0.29, 0.717) is 12.1 Å². The first-order valence-corrected chi connectivity index (χ1v) is 8.32. The minimum absolute atomic E-state index is 0.215. The van der Waals surface area contributed by atoms with Gasteiger partial charge in [0.05, 0.1) is 6.10 Å². The lowest BCUT2D eigenvalue weighted by Crippen LogP contribution is -2.49. The van der Waals surface area contributed by atoms with Crippen LogP contribution in [0.1, 0.15) is 32.6 Å². The highest BCUT2D eigenvalue weighted by molar-refractivity contribution is 5.73. The summed E-state index contributed by atoms with van der Waals surface area (Å²) in [5.74, 6) is 0.215. The second kappa shape index (κ2) is 8.11. The molecule has 0 unspecified atom stereocenters. The van der Waals surface area contributed by atoms with Crippen LogP contribution in [0.5, 0.6) is 0 Å². The normalized spacial score (nSPS) is 24.2. The van der Waals surface area contributed by atoms with E-state index in [4.69, 9.17) is 4.74 Å². The van der Waals surface area contributed by atoms with Crippen molar-refractivity contribution in [3.05, 3.63) is 0 Å². The maximum Gasteiger partial charge on any atom is 0.219 e. The summed E-state index contributed by atoms with van der Waals surface area (Å²) in [6.45, 7) is 7.65. The SMILES string of the molecule is CC(=O)N1CCC(N(CCN(C)C)C[C@H]2CCCO2)CC1. The quantitative estimate of drug-likeness (QED) is 0.734. The third-order valence-electron chi connectivity index (χ3n) is 4.72.